The van der Waals surface area contributed by atoms with Crippen molar-refractivity contribution in [3.05, 3.63) is 47.8 Å². The van der Waals surface area contributed by atoms with Crippen molar-refractivity contribution < 1.29 is 19.4 Å². The van der Waals surface area contributed by atoms with Gasteiger partial charge in [-0.2, -0.15) is 0 Å². The number of oxime groups is 1. The third kappa shape index (κ3) is 2.81. The summed E-state index contributed by atoms with van der Waals surface area (Å²) in [6.45, 7) is 0.556. The maximum absolute atomic E-state index is 8.64. The summed E-state index contributed by atoms with van der Waals surface area (Å²) in [5.41, 5.74) is 6.74. The number of pyridine rings is 1. The summed E-state index contributed by atoms with van der Waals surface area (Å²) >= 11 is 0. The van der Waals surface area contributed by atoms with Crippen LogP contribution in [0.4, 0.5) is 0 Å². The lowest BCUT2D eigenvalue weighted by Gasteiger charge is -2.08. The van der Waals surface area contributed by atoms with E-state index in [1.165, 1.54) is 0 Å². The zero-order chi connectivity index (χ0) is 14.7. The minimum absolute atomic E-state index is 0.0417. The van der Waals surface area contributed by atoms with Gasteiger partial charge in [0.15, 0.2) is 17.3 Å². The van der Waals surface area contributed by atoms with Crippen molar-refractivity contribution in [3.8, 4) is 17.2 Å². The smallest absolute Gasteiger partial charge is 0.231 e. The van der Waals surface area contributed by atoms with Crippen LogP contribution < -0.4 is 19.9 Å². The minimum atomic E-state index is -0.0417. The van der Waals surface area contributed by atoms with Crippen LogP contribution in [0.25, 0.3) is 0 Å². The van der Waals surface area contributed by atoms with Gasteiger partial charge in [0.1, 0.15) is 18.1 Å². The summed E-state index contributed by atoms with van der Waals surface area (Å²) in [5.74, 6) is 2.00. The Morgan fingerprint density at radius 3 is 3.00 bits per heavy atom. The molecule has 3 N–H and O–H groups in total. The predicted molar refractivity (Wildman–Crippen MR) is 73.6 cm³/mol. The maximum atomic E-state index is 8.64. The highest BCUT2D eigenvalue weighted by atomic mass is 16.7. The van der Waals surface area contributed by atoms with Crippen molar-refractivity contribution in [2.45, 2.75) is 6.61 Å². The summed E-state index contributed by atoms with van der Waals surface area (Å²) in [5, 5.41) is 11.6. The molecule has 2 aromatic rings. The summed E-state index contributed by atoms with van der Waals surface area (Å²) in [6, 6.07) is 8.86. The van der Waals surface area contributed by atoms with Crippen LogP contribution in [-0.4, -0.2) is 22.8 Å². The quantitative estimate of drug-likeness (QED) is 0.382. The van der Waals surface area contributed by atoms with Gasteiger partial charge in [0.2, 0.25) is 6.79 Å². The number of rotatable bonds is 4. The highest BCUT2D eigenvalue weighted by Crippen LogP contribution is 2.35. The first-order chi connectivity index (χ1) is 10.3. The van der Waals surface area contributed by atoms with Gasteiger partial charge < -0.3 is 25.2 Å². The van der Waals surface area contributed by atoms with E-state index < -0.39 is 0 Å². The molecule has 1 aliphatic rings. The predicted octanol–water partition coefficient (Wildman–Crippen LogP) is 1.48. The topological polar surface area (TPSA) is 99.2 Å². The molecular weight excluding hydrogens is 274 g/mol. The number of ether oxygens (including phenoxy) is 3. The van der Waals surface area contributed by atoms with Gasteiger partial charge in [-0.3, -0.25) is 4.98 Å². The molecule has 1 aromatic carbocycles. The molecule has 0 aliphatic carbocycles. The van der Waals surface area contributed by atoms with E-state index in [1.807, 2.05) is 0 Å². The molecule has 0 atom stereocenters. The number of nitrogens with two attached hydrogens (primary N) is 1. The van der Waals surface area contributed by atoms with E-state index in [9.17, 15) is 0 Å². The molecule has 0 fully saturated rings. The van der Waals surface area contributed by atoms with Crippen LogP contribution in [0.3, 0.4) is 0 Å². The Kier molecular flexibility index (Phi) is 3.46. The van der Waals surface area contributed by atoms with Crippen molar-refractivity contribution in [1.82, 2.24) is 4.98 Å². The number of benzene rings is 1. The molecular formula is C14H13N3O4. The van der Waals surface area contributed by atoms with Crippen molar-refractivity contribution in [3.63, 3.8) is 0 Å². The number of nitrogens with zero attached hydrogens (tertiary/aromatic N) is 2. The molecule has 0 bridgehead atoms. The van der Waals surface area contributed by atoms with Gasteiger partial charge in [0.25, 0.3) is 0 Å². The third-order valence-electron chi connectivity index (χ3n) is 2.94. The van der Waals surface area contributed by atoms with Crippen molar-refractivity contribution in [2.75, 3.05) is 6.79 Å². The number of amidine groups is 1. The minimum Gasteiger partial charge on any atom is -0.489 e. The Balaban J connectivity index is 1.70. The molecule has 0 radical (unpaired) electrons. The molecule has 1 aliphatic heterocycles. The van der Waals surface area contributed by atoms with E-state index in [0.717, 1.165) is 5.56 Å². The number of fused-ring (bicyclic) bond motifs is 1. The number of hydrogen-bond donors (Lipinski definition) is 2. The summed E-state index contributed by atoms with van der Waals surface area (Å²) in [7, 11) is 0. The standard InChI is InChI=1S/C14H13N3O4/c15-14(17-18)11-5-9(3-4-16-11)7-19-10-1-2-12-13(6-10)21-8-20-12/h1-6,18H,7-8H2,(H2,15,17). The van der Waals surface area contributed by atoms with Crippen LogP contribution in [-0.2, 0) is 6.61 Å². The molecule has 1 aromatic heterocycles. The van der Waals surface area contributed by atoms with E-state index in [4.69, 9.17) is 25.2 Å². The lowest BCUT2D eigenvalue weighted by Crippen LogP contribution is -2.15. The van der Waals surface area contributed by atoms with Crippen LogP contribution in [0.5, 0.6) is 17.2 Å². The van der Waals surface area contributed by atoms with E-state index in [-0.39, 0.29) is 12.6 Å². The molecule has 0 saturated heterocycles. The molecule has 21 heavy (non-hydrogen) atoms. The second-order valence-corrected chi connectivity index (χ2v) is 4.34. The Hall–Kier alpha value is -2.96. The van der Waals surface area contributed by atoms with Gasteiger partial charge in [-0.05, 0) is 29.8 Å². The van der Waals surface area contributed by atoms with Crippen LogP contribution in [0.15, 0.2) is 41.7 Å². The molecule has 7 nitrogen and oxygen atoms in total. The van der Waals surface area contributed by atoms with Crippen molar-refractivity contribution in [1.29, 1.82) is 0 Å². The van der Waals surface area contributed by atoms with Gasteiger partial charge >= 0.3 is 0 Å². The lowest BCUT2D eigenvalue weighted by atomic mass is 10.2. The van der Waals surface area contributed by atoms with Gasteiger partial charge in [-0.15, -0.1) is 0 Å². The summed E-state index contributed by atoms with van der Waals surface area (Å²) < 4.78 is 16.2. The Morgan fingerprint density at radius 2 is 2.14 bits per heavy atom. The zero-order valence-electron chi connectivity index (χ0n) is 11.0. The normalized spacial score (nSPS) is 13.2. The third-order valence-corrected chi connectivity index (χ3v) is 2.94. The average molecular weight is 287 g/mol. The van der Waals surface area contributed by atoms with Crippen LogP contribution in [0.2, 0.25) is 0 Å². The number of aromatic nitrogens is 1. The highest BCUT2D eigenvalue weighted by Gasteiger charge is 2.13. The molecule has 2 heterocycles. The molecule has 3 rings (SSSR count). The first kappa shape index (κ1) is 13.0. The van der Waals surface area contributed by atoms with Gasteiger partial charge in [0, 0.05) is 12.3 Å². The Morgan fingerprint density at radius 1 is 1.29 bits per heavy atom. The summed E-state index contributed by atoms with van der Waals surface area (Å²) in [4.78, 5) is 4.00. The summed E-state index contributed by atoms with van der Waals surface area (Å²) in [6.07, 6.45) is 1.58. The SMILES string of the molecule is NC(=NO)c1cc(COc2ccc3c(c2)OCO3)ccn1. The molecule has 108 valence electrons. The fourth-order valence-corrected chi connectivity index (χ4v) is 1.89. The van der Waals surface area contributed by atoms with Crippen molar-refractivity contribution >= 4 is 5.84 Å². The van der Waals surface area contributed by atoms with Crippen LogP contribution in [0, 0.1) is 0 Å². The van der Waals surface area contributed by atoms with Crippen molar-refractivity contribution in [2.24, 2.45) is 10.9 Å². The first-order valence-electron chi connectivity index (χ1n) is 6.21. The fraction of sp³-hybridized carbons (Fsp3) is 0.143. The lowest BCUT2D eigenvalue weighted by molar-refractivity contribution is 0.173. The number of hydrogen-bond acceptors (Lipinski definition) is 6. The molecule has 0 saturated carbocycles. The Labute approximate surface area is 120 Å². The molecule has 0 spiro atoms. The average Bonchev–Trinajstić information content (AvgIpc) is 3.00. The van der Waals surface area contributed by atoms with Gasteiger partial charge in [0.05, 0.1) is 0 Å². The Bertz CT molecular complexity index is 688. The van der Waals surface area contributed by atoms with E-state index in [2.05, 4.69) is 10.1 Å². The zero-order valence-corrected chi connectivity index (χ0v) is 11.0. The van der Waals surface area contributed by atoms with E-state index in [1.54, 1.807) is 36.5 Å². The van der Waals surface area contributed by atoms with Crippen LogP contribution >= 0.6 is 0 Å². The highest BCUT2D eigenvalue weighted by molar-refractivity contribution is 5.95. The second kappa shape index (κ2) is 5.58. The fourth-order valence-electron chi connectivity index (χ4n) is 1.89. The molecule has 7 heteroatoms. The molecule has 0 unspecified atom stereocenters. The second-order valence-electron chi connectivity index (χ2n) is 4.34. The maximum Gasteiger partial charge on any atom is 0.231 e. The van der Waals surface area contributed by atoms with Gasteiger partial charge in [-0.25, -0.2) is 0 Å². The van der Waals surface area contributed by atoms with Gasteiger partial charge in [-0.1, -0.05) is 5.16 Å². The molecule has 0 amide bonds. The monoisotopic (exact) mass is 287 g/mol. The van der Waals surface area contributed by atoms with E-state index >= 15 is 0 Å². The van der Waals surface area contributed by atoms with E-state index in [0.29, 0.717) is 29.5 Å². The van der Waals surface area contributed by atoms with Crippen LogP contribution in [0.1, 0.15) is 11.3 Å². The first-order valence-corrected chi connectivity index (χ1v) is 6.21. The largest absolute Gasteiger partial charge is 0.489 e.